The van der Waals surface area contributed by atoms with Crippen molar-refractivity contribution in [3.63, 3.8) is 0 Å². The predicted molar refractivity (Wildman–Crippen MR) is 76.2 cm³/mol. The van der Waals surface area contributed by atoms with Gasteiger partial charge in [-0.1, -0.05) is 13.0 Å². The first kappa shape index (κ1) is 15.6. The normalized spacial score (nSPS) is 13.3. The molecular formula is C13H17FN4O2S. The first-order valence-electron chi connectivity index (χ1n) is 6.48. The van der Waals surface area contributed by atoms with E-state index in [1.54, 1.807) is 6.20 Å². The Bertz CT molecular complexity index is 701. The van der Waals surface area contributed by atoms with Crippen LogP contribution < -0.4 is 10.5 Å². The van der Waals surface area contributed by atoms with Crippen LogP contribution in [-0.4, -0.2) is 18.4 Å². The Morgan fingerprint density at radius 3 is 2.81 bits per heavy atom. The summed E-state index contributed by atoms with van der Waals surface area (Å²) in [5.74, 6) is -0.328. The minimum Gasteiger partial charge on any atom is -0.347 e. The Kier molecular flexibility index (Phi) is 4.71. The van der Waals surface area contributed by atoms with E-state index in [-0.39, 0.29) is 6.54 Å². The fraction of sp³-hybridized carbons (Fsp3) is 0.308. The molecule has 0 saturated carbocycles. The van der Waals surface area contributed by atoms with E-state index in [2.05, 4.69) is 14.7 Å². The number of nitrogens with zero attached hydrogens (tertiary/aromatic N) is 1. The summed E-state index contributed by atoms with van der Waals surface area (Å²) in [7, 11) is -4.00. The van der Waals surface area contributed by atoms with E-state index in [1.165, 1.54) is 18.3 Å². The van der Waals surface area contributed by atoms with Gasteiger partial charge >= 0.3 is 0 Å². The van der Waals surface area contributed by atoms with Gasteiger partial charge < -0.3 is 10.7 Å². The summed E-state index contributed by atoms with van der Waals surface area (Å²) in [6.45, 7) is 1.94. The number of benzene rings is 1. The van der Waals surface area contributed by atoms with Crippen molar-refractivity contribution in [3.8, 4) is 0 Å². The van der Waals surface area contributed by atoms with Crippen molar-refractivity contribution in [2.24, 2.45) is 5.73 Å². The second-order valence-corrected chi connectivity index (χ2v) is 6.21. The molecule has 2 aromatic rings. The fourth-order valence-electron chi connectivity index (χ4n) is 1.93. The average Bonchev–Trinajstić information content (AvgIpc) is 2.99. The van der Waals surface area contributed by atoms with Crippen LogP contribution in [0.2, 0.25) is 0 Å². The predicted octanol–water partition coefficient (Wildman–Crippen LogP) is 1.44. The van der Waals surface area contributed by atoms with Crippen molar-refractivity contribution >= 4 is 10.0 Å². The van der Waals surface area contributed by atoms with Gasteiger partial charge in [0.1, 0.15) is 16.5 Å². The summed E-state index contributed by atoms with van der Waals surface area (Å²) < 4.78 is 41.0. The molecule has 1 atom stereocenters. The zero-order chi connectivity index (χ0) is 15.5. The van der Waals surface area contributed by atoms with Crippen molar-refractivity contribution in [1.82, 2.24) is 14.7 Å². The molecule has 4 N–H and O–H groups in total. The maximum absolute atomic E-state index is 13.8. The van der Waals surface area contributed by atoms with Gasteiger partial charge in [0.2, 0.25) is 10.0 Å². The van der Waals surface area contributed by atoms with Gasteiger partial charge in [0.25, 0.3) is 0 Å². The van der Waals surface area contributed by atoms with Crippen molar-refractivity contribution < 1.29 is 12.8 Å². The van der Waals surface area contributed by atoms with E-state index in [0.29, 0.717) is 17.8 Å². The molecule has 21 heavy (non-hydrogen) atoms. The Labute approximate surface area is 122 Å². The van der Waals surface area contributed by atoms with E-state index >= 15 is 0 Å². The second-order valence-electron chi connectivity index (χ2n) is 4.53. The highest BCUT2D eigenvalue weighted by atomic mass is 32.2. The van der Waals surface area contributed by atoms with Crippen molar-refractivity contribution in [2.75, 3.05) is 0 Å². The molecule has 1 aromatic carbocycles. The van der Waals surface area contributed by atoms with Crippen LogP contribution in [-0.2, 0) is 16.6 Å². The van der Waals surface area contributed by atoms with Crippen molar-refractivity contribution in [3.05, 3.63) is 47.8 Å². The van der Waals surface area contributed by atoms with Crippen molar-refractivity contribution in [2.45, 2.75) is 30.8 Å². The lowest BCUT2D eigenvalue weighted by atomic mass is 10.2. The zero-order valence-electron chi connectivity index (χ0n) is 11.5. The summed E-state index contributed by atoms with van der Waals surface area (Å²) in [5, 5.41) is 0. The van der Waals surface area contributed by atoms with Gasteiger partial charge in [-0.05, 0) is 24.1 Å². The average molecular weight is 312 g/mol. The van der Waals surface area contributed by atoms with E-state index in [4.69, 9.17) is 5.73 Å². The molecule has 0 aliphatic carbocycles. The monoisotopic (exact) mass is 312 g/mol. The van der Waals surface area contributed by atoms with Gasteiger partial charge in [0.15, 0.2) is 0 Å². The van der Waals surface area contributed by atoms with Gasteiger partial charge in [0.05, 0.1) is 6.04 Å². The van der Waals surface area contributed by atoms with Crippen LogP contribution in [0.15, 0.2) is 35.5 Å². The highest BCUT2D eigenvalue weighted by molar-refractivity contribution is 7.89. The largest absolute Gasteiger partial charge is 0.347 e. The number of H-pyrrole nitrogens is 1. The van der Waals surface area contributed by atoms with E-state index in [1.807, 2.05) is 6.92 Å². The summed E-state index contributed by atoms with van der Waals surface area (Å²) in [4.78, 5) is 6.47. The molecule has 0 fully saturated rings. The maximum Gasteiger partial charge on any atom is 0.244 e. The van der Waals surface area contributed by atoms with Gasteiger partial charge in [-0.25, -0.2) is 22.5 Å². The molecule has 0 saturated heterocycles. The molecule has 1 unspecified atom stereocenters. The molecule has 0 spiro atoms. The van der Waals surface area contributed by atoms with Crippen LogP contribution >= 0.6 is 0 Å². The van der Waals surface area contributed by atoms with E-state index in [9.17, 15) is 12.8 Å². The zero-order valence-corrected chi connectivity index (χ0v) is 12.3. The Morgan fingerprint density at radius 2 is 2.24 bits per heavy atom. The number of rotatable bonds is 6. The highest BCUT2D eigenvalue weighted by Gasteiger charge is 2.24. The van der Waals surface area contributed by atoms with E-state index < -0.39 is 26.8 Å². The van der Waals surface area contributed by atoms with Crippen LogP contribution in [0, 0.1) is 5.82 Å². The summed E-state index contributed by atoms with van der Waals surface area (Å²) in [5.41, 5.74) is 6.01. The number of aromatic nitrogens is 2. The number of hydrogen-bond donors (Lipinski definition) is 3. The SMILES string of the molecule is CCC(NS(=O)(=O)c1cc(CN)ccc1F)c1ncc[nH]1. The van der Waals surface area contributed by atoms with Crippen LogP contribution in [0.4, 0.5) is 4.39 Å². The number of nitrogens with two attached hydrogens (primary N) is 1. The molecule has 6 nitrogen and oxygen atoms in total. The van der Waals surface area contributed by atoms with Gasteiger partial charge in [-0.3, -0.25) is 0 Å². The van der Waals surface area contributed by atoms with Gasteiger partial charge in [-0.15, -0.1) is 0 Å². The van der Waals surface area contributed by atoms with Crippen molar-refractivity contribution in [1.29, 1.82) is 0 Å². The van der Waals surface area contributed by atoms with E-state index in [0.717, 1.165) is 6.07 Å². The smallest absolute Gasteiger partial charge is 0.244 e. The number of aromatic amines is 1. The minimum absolute atomic E-state index is 0.137. The quantitative estimate of drug-likeness (QED) is 0.751. The number of nitrogens with one attached hydrogen (secondary N) is 2. The minimum atomic E-state index is -4.00. The number of imidazole rings is 1. The molecule has 1 aromatic heterocycles. The highest BCUT2D eigenvalue weighted by Crippen LogP contribution is 2.20. The molecule has 0 amide bonds. The number of hydrogen-bond acceptors (Lipinski definition) is 4. The second kappa shape index (κ2) is 6.33. The molecule has 0 radical (unpaired) electrons. The van der Waals surface area contributed by atoms with Gasteiger partial charge in [0, 0.05) is 18.9 Å². The van der Waals surface area contributed by atoms with Gasteiger partial charge in [-0.2, -0.15) is 0 Å². The molecular weight excluding hydrogens is 295 g/mol. The Hall–Kier alpha value is -1.77. The third-order valence-electron chi connectivity index (χ3n) is 3.08. The fourth-order valence-corrected chi connectivity index (χ4v) is 3.34. The summed E-state index contributed by atoms with van der Waals surface area (Å²) in [6.07, 6.45) is 3.61. The molecule has 8 heteroatoms. The topological polar surface area (TPSA) is 101 Å². The lowest BCUT2D eigenvalue weighted by Gasteiger charge is -2.15. The molecule has 0 aliphatic rings. The first-order valence-corrected chi connectivity index (χ1v) is 7.96. The molecule has 114 valence electrons. The third-order valence-corrected chi connectivity index (χ3v) is 4.56. The standard InChI is InChI=1S/C13H17FN4O2S/c1-2-11(13-16-5-6-17-13)18-21(19,20)12-7-9(8-15)3-4-10(12)14/h3-7,11,18H,2,8,15H2,1H3,(H,16,17). The number of halogens is 1. The van der Waals surface area contributed by atoms with Crippen LogP contribution in [0.3, 0.4) is 0 Å². The summed E-state index contributed by atoms with van der Waals surface area (Å²) in [6, 6.07) is 3.25. The van der Waals surface area contributed by atoms with Crippen LogP contribution in [0.25, 0.3) is 0 Å². The first-order chi connectivity index (χ1) is 9.97. The maximum atomic E-state index is 13.8. The lowest BCUT2D eigenvalue weighted by Crippen LogP contribution is -2.29. The number of sulfonamides is 1. The molecule has 0 aliphatic heterocycles. The molecule has 2 rings (SSSR count). The third kappa shape index (κ3) is 3.46. The van der Waals surface area contributed by atoms with Crippen LogP contribution in [0.1, 0.15) is 30.8 Å². The lowest BCUT2D eigenvalue weighted by molar-refractivity contribution is 0.527. The molecule has 1 heterocycles. The summed E-state index contributed by atoms with van der Waals surface area (Å²) >= 11 is 0. The Balaban J connectivity index is 2.34. The Morgan fingerprint density at radius 1 is 1.48 bits per heavy atom. The van der Waals surface area contributed by atoms with Crippen LogP contribution in [0.5, 0.6) is 0 Å². The molecule has 0 bridgehead atoms.